The molecule has 4 atom stereocenters. The zero-order valence-corrected chi connectivity index (χ0v) is 20.6. The van der Waals surface area contributed by atoms with Crippen molar-refractivity contribution in [2.75, 3.05) is 19.6 Å². The van der Waals surface area contributed by atoms with Gasteiger partial charge in [-0.15, -0.1) is 0 Å². The molecule has 1 aliphatic carbocycles. The molecular formula is C31H35N3O. The zero-order valence-electron chi connectivity index (χ0n) is 20.6. The summed E-state index contributed by atoms with van der Waals surface area (Å²) < 4.78 is 0. The van der Waals surface area contributed by atoms with Crippen molar-refractivity contribution >= 4 is 5.91 Å². The quantitative estimate of drug-likeness (QED) is 0.569. The molecule has 0 radical (unpaired) electrons. The fourth-order valence-electron chi connectivity index (χ4n) is 7.04. The van der Waals surface area contributed by atoms with E-state index in [2.05, 4.69) is 89.9 Å². The molecule has 3 aliphatic rings. The smallest absolute Gasteiger partial charge is 0.228 e. The molecule has 3 aromatic rings. The summed E-state index contributed by atoms with van der Waals surface area (Å²) in [4.78, 5) is 21.6. The second kappa shape index (κ2) is 9.23. The highest BCUT2D eigenvalue weighted by molar-refractivity contribution is 5.82. The highest BCUT2D eigenvalue weighted by Gasteiger charge is 2.52. The summed E-state index contributed by atoms with van der Waals surface area (Å²) in [6, 6.07) is 26.0. The number of aromatic nitrogens is 1. The molecule has 1 N–H and O–H groups in total. The molecule has 1 aromatic heterocycles. The largest absolute Gasteiger partial charge is 0.335 e. The summed E-state index contributed by atoms with van der Waals surface area (Å²) in [5.41, 5.74) is 6.10. The Bertz CT molecular complexity index is 1190. The van der Waals surface area contributed by atoms with E-state index < -0.39 is 0 Å². The lowest BCUT2D eigenvalue weighted by molar-refractivity contribution is -0.141. The first-order valence-electron chi connectivity index (χ1n) is 13.2. The lowest BCUT2D eigenvalue weighted by atomic mass is 9.65. The summed E-state index contributed by atoms with van der Waals surface area (Å²) in [5, 5.41) is 3.62. The third kappa shape index (κ3) is 3.98. The number of amides is 1. The van der Waals surface area contributed by atoms with Gasteiger partial charge in [0.25, 0.3) is 0 Å². The summed E-state index contributed by atoms with van der Waals surface area (Å²) >= 11 is 0. The SMILES string of the molecule is Cc1ccc2c(n1)CCC[C@]21CNC[C@H]1C(=O)N1CC[C@@H](c2ccccc2)C[C@H]1c1ccccc1. The van der Waals surface area contributed by atoms with E-state index in [1.54, 1.807) is 0 Å². The molecule has 0 bridgehead atoms. The van der Waals surface area contributed by atoms with Gasteiger partial charge < -0.3 is 10.2 Å². The number of carbonyl (C=O) groups is 1. The summed E-state index contributed by atoms with van der Waals surface area (Å²) in [7, 11) is 0. The monoisotopic (exact) mass is 465 g/mol. The molecule has 2 aromatic carbocycles. The van der Waals surface area contributed by atoms with E-state index in [0.29, 0.717) is 11.8 Å². The predicted molar refractivity (Wildman–Crippen MR) is 139 cm³/mol. The van der Waals surface area contributed by atoms with Crippen molar-refractivity contribution in [1.82, 2.24) is 15.2 Å². The van der Waals surface area contributed by atoms with Gasteiger partial charge in [-0.05, 0) is 67.7 Å². The minimum absolute atomic E-state index is 0.0365. The number of hydrogen-bond donors (Lipinski definition) is 1. The van der Waals surface area contributed by atoms with Crippen LogP contribution in [0.5, 0.6) is 0 Å². The minimum atomic E-state index is -0.136. The van der Waals surface area contributed by atoms with Gasteiger partial charge in [0.1, 0.15) is 0 Å². The van der Waals surface area contributed by atoms with Crippen LogP contribution in [-0.4, -0.2) is 35.4 Å². The highest BCUT2D eigenvalue weighted by atomic mass is 16.2. The Kier molecular flexibility index (Phi) is 5.93. The van der Waals surface area contributed by atoms with Gasteiger partial charge in [0.15, 0.2) is 0 Å². The Balaban J connectivity index is 1.34. The van der Waals surface area contributed by atoms with Crippen LogP contribution in [0, 0.1) is 12.8 Å². The number of rotatable bonds is 3. The Morgan fingerprint density at radius 1 is 1.00 bits per heavy atom. The molecule has 0 unspecified atom stereocenters. The van der Waals surface area contributed by atoms with Gasteiger partial charge in [0.05, 0.1) is 12.0 Å². The molecular weight excluding hydrogens is 430 g/mol. The molecule has 35 heavy (non-hydrogen) atoms. The van der Waals surface area contributed by atoms with Gasteiger partial charge in [-0.3, -0.25) is 9.78 Å². The van der Waals surface area contributed by atoms with Crippen molar-refractivity contribution in [2.45, 2.75) is 56.4 Å². The van der Waals surface area contributed by atoms with Gasteiger partial charge in [0, 0.05) is 36.4 Å². The predicted octanol–water partition coefficient (Wildman–Crippen LogP) is 5.33. The summed E-state index contributed by atoms with van der Waals surface area (Å²) in [6.45, 7) is 4.51. The number of nitrogens with one attached hydrogen (secondary N) is 1. The number of likely N-dealkylation sites (tertiary alicyclic amines) is 1. The van der Waals surface area contributed by atoms with Gasteiger partial charge >= 0.3 is 0 Å². The number of piperidine rings is 1. The molecule has 2 fully saturated rings. The molecule has 4 heteroatoms. The Morgan fingerprint density at radius 2 is 1.74 bits per heavy atom. The molecule has 1 amide bonds. The maximum absolute atomic E-state index is 14.4. The van der Waals surface area contributed by atoms with Crippen LogP contribution in [0.25, 0.3) is 0 Å². The molecule has 1 spiro atoms. The zero-order chi connectivity index (χ0) is 23.8. The standard InChI is InChI=1S/C31H35N3O/c1-22-14-15-26-28(33-22)13-8-17-31(26)21-32-20-27(31)30(35)34-18-16-25(23-9-4-2-5-10-23)19-29(34)24-11-6-3-7-12-24/h2-7,9-12,14-15,25,27,29,32H,8,13,16-21H2,1H3/t25-,27+,29+,31+/m1/s1. The minimum Gasteiger partial charge on any atom is -0.335 e. The van der Waals surface area contributed by atoms with Gasteiger partial charge in [-0.1, -0.05) is 66.7 Å². The molecule has 3 heterocycles. The number of pyridine rings is 1. The van der Waals surface area contributed by atoms with E-state index in [1.807, 2.05) is 0 Å². The fourth-order valence-corrected chi connectivity index (χ4v) is 7.04. The first-order valence-corrected chi connectivity index (χ1v) is 13.2. The van der Waals surface area contributed by atoms with Crippen LogP contribution in [0.4, 0.5) is 0 Å². The molecule has 2 aliphatic heterocycles. The van der Waals surface area contributed by atoms with Crippen LogP contribution in [0.3, 0.4) is 0 Å². The number of hydrogen-bond acceptors (Lipinski definition) is 3. The van der Waals surface area contributed by atoms with E-state index in [1.165, 1.54) is 22.4 Å². The fraction of sp³-hybridized carbons (Fsp3) is 0.419. The average molecular weight is 466 g/mol. The first kappa shape index (κ1) is 22.5. The maximum atomic E-state index is 14.4. The van der Waals surface area contributed by atoms with Crippen LogP contribution in [0.2, 0.25) is 0 Å². The molecule has 0 saturated carbocycles. The normalized spacial score (nSPS) is 28.1. The molecule has 180 valence electrons. The van der Waals surface area contributed by atoms with Gasteiger partial charge in [0.2, 0.25) is 5.91 Å². The van der Waals surface area contributed by atoms with Crippen LogP contribution in [0.1, 0.15) is 65.7 Å². The van der Waals surface area contributed by atoms with Gasteiger partial charge in [-0.25, -0.2) is 0 Å². The topological polar surface area (TPSA) is 45.2 Å². The van der Waals surface area contributed by atoms with Crippen molar-refractivity contribution in [3.63, 3.8) is 0 Å². The van der Waals surface area contributed by atoms with Crippen molar-refractivity contribution in [3.8, 4) is 0 Å². The molecule has 4 nitrogen and oxygen atoms in total. The number of carbonyl (C=O) groups excluding carboxylic acids is 1. The molecule has 2 saturated heterocycles. The van der Waals surface area contributed by atoms with Crippen molar-refractivity contribution in [2.24, 2.45) is 5.92 Å². The molecule has 6 rings (SSSR count). The van der Waals surface area contributed by atoms with E-state index in [-0.39, 0.29) is 17.4 Å². The van der Waals surface area contributed by atoms with E-state index in [9.17, 15) is 4.79 Å². The van der Waals surface area contributed by atoms with Crippen LogP contribution >= 0.6 is 0 Å². The number of benzene rings is 2. The summed E-state index contributed by atoms with van der Waals surface area (Å²) in [6.07, 6.45) is 5.18. The highest BCUT2D eigenvalue weighted by Crippen LogP contribution is 2.47. The maximum Gasteiger partial charge on any atom is 0.228 e. The van der Waals surface area contributed by atoms with Crippen LogP contribution in [0.15, 0.2) is 72.8 Å². The number of nitrogens with zero attached hydrogens (tertiary/aromatic N) is 2. The van der Waals surface area contributed by atoms with E-state index in [4.69, 9.17) is 4.98 Å². The lowest BCUT2D eigenvalue weighted by Crippen LogP contribution is -2.50. The van der Waals surface area contributed by atoms with Crippen molar-refractivity contribution in [3.05, 3.63) is 101 Å². The average Bonchev–Trinajstić information content (AvgIpc) is 3.32. The second-order valence-corrected chi connectivity index (χ2v) is 10.7. The van der Waals surface area contributed by atoms with Crippen molar-refractivity contribution in [1.29, 1.82) is 0 Å². The van der Waals surface area contributed by atoms with Crippen molar-refractivity contribution < 1.29 is 4.79 Å². The third-order valence-electron chi connectivity index (χ3n) is 8.78. The Labute approximate surface area is 208 Å². The van der Waals surface area contributed by atoms with Crippen LogP contribution in [-0.2, 0) is 16.6 Å². The van der Waals surface area contributed by atoms with E-state index in [0.717, 1.165) is 57.4 Å². The second-order valence-electron chi connectivity index (χ2n) is 10.7. The number of fused-ring (bicyclic) bond motifs is 2. The summed E-state index contributed by atoms with van der Waals surface area (Å²) in [5.74, 6) is 0.762. The Morgan fingerprint density at radius 3 is 2.51 bits per heavy atom. The first-order chi connectivity index (χ1) is 17.2. The van der Waals surface area contributed by atoms with E-state index >= 15 is 0 Å². The third-order valence-corrected chi connectivity index (χ3v) is 8.78. The Hall–Kier alpha value is -2.98. The van der Waals surface area contributed by atoms with Gasteiger partial charge in [-0.2, -0.15) is 0 Å². The number of aryl methyl sites for hydroxylation is 2. The lowest BCUT2D eigenvalue weighted by Gasteiger charge is -2.45. The van der Waals surface area contributed by atoms with Crippen LogP contribution < -0.4 is 5.32 Å².